The number of hydrogen-bond donors (Lipinski definition) is 0. The molecule has 0 aliphatic carbocycles. The molecule has 3 aromatic rings. The van der Waals surface area contributed by atoms with E-state index in [0.29, 0.717) is 0 Å². The van der Waals surface area contributed by atoms with Crippen LogP contribution in [0, 0.1) is 6.92 Å². The van der Waals surface area contributed by atoms with E-state index in [1.807, 2.05) is 37.3 Å². The molecule has 0 aliphatic rings. The van der Waals surface area contributed by atoms with Crippen LogP contribution in [0.15, 0.2) is 36.5 Å². The fraction of sp³-hybridized carbons (Fsp3) is 0.0909. The minimum Gasteiger partial charge on any atom is -0.211 e. The van der Waals surface area contributed by atoms with Crippen LogP contribution in [0.2, 0.25) is 0 Å². The molecular weight excluding hydrogens is 202 g/mol. The lowest BCUT2D eigenvalue weighted by Gasteiger charge is -2.01. The molecule has 5 heteroatoms. The second-order valence-corrected chi connectivity index (χ2v) is 3.49. The number of rotatable bonds is 1. The molecule has 0 unspecified atom stereocenters. The van der Waals surface area contributed by atoms with E-state index in [1.54, 1.807) is 10.7 Å². The largest absolute Gasteiger partial charge is 0.211 e. The van der Waals surface area contributed by atoms with E-state index in [0.717, 1.165) is 22.6 Å². The molecular formula is C11H9N5. The maximum Gasteiger partial charge on any atom is 0.111 e. The van der Waals surface area contributed by atoms with Crippen LogP contribution in [0.3, 0.4) is 0 Å². The highest BCUT2D eigenvalue weighted by molar-refractivity contribution is 5.61. The predicted octanol–water partition coefficient (Wildman–Crippen LogP) is 1.49. The molecule has 0 aromatic carbocycles. The average Bonchev–Trinajstić information content (AvgIpc) is 2.73. The van der Waals surface area contributed by atoms with Crippen LogP contribution in [0.25, 0.3) is 16.9 Å². The van der Waals surface area contributed by atoms with Gasteiger partial charge in [0.05, 0.1) is 16.9 Å². The molecule has 0 N–H and O–H groups in total. The topological polar surface area (TPSA) is 56.0 Å². The average molecular weight is 211 g/mol. The maximum absolute atomic E-state index is 4.09. The highest BCUT2D eigenvalue weighted by Crippen LogP contribution is 2.17. The van der Waals surface area contributed by atoms with E-state index in [9.17, 15) is 0 Å². The van der Waals surface area contributed by atoms with Gasteiger partial charge in [0.1, 0.15) is 5.69 Å². The molecule has 0 amide bonds. The van der Waals surface area contributed by atoms with Crippen LogP contribution >= 0.6 is 0 Å². The van der Waals surface area contributed by atoms with Crippen LogP contribution in [0.4, 0.5) is 0 Å². The van der Waals surface area contributed by atoms with E-state index in [-0.39, 0.29) is 0 Å². The van der Waals surface area contributed by atoms with Crippen molar-refractivity contribution in [2.24, 2.45) is 0 Å². The number of aryl methyl sites for hydroxylation is 1. The second kappa shape index (κ2) is 3.37. The van der Waals surface area contributed by atoms with Gasteiger partial charge in [0.15, 0.2) is 0 Å². The fourth-order valence-corrected chi connectivity index (χ4v) is 1.67. The molecule has 0 fully saturated rings. The van der Waals surface area contributed by atoms with Crippen LogP contribution in [0.5, 0.6) is 0 Å². The zero-order valence-electron chi connectivity index (χ0n) is 8.70. The summed E-state index contributed by atoms with van der Waals surface area (Å²) in [7, 11) is 0. The summed E-state index contributed by atoms with van der Waals surface area (Å²) in [6.45, 7) is 1.93. The van der Waals surface area contributed by atoms with Crippen molar-refractivity contribution in [3.8, 4) is 11.4 Å². The Morgan fingerprint density at radius 1 is 1.06 bits per heavy atom. The first kappa shape index (κ1) is 8.96. The standard InChI is InChI=1S/C11H9N5/c1-8-10-5-2-6-11(16(10)15-13-8)9-4-3-7-12-14-9/h2-7H,1H3. The number of pyridine rings is 1. The van der Waals surface area contributed by atoms with Crippen LogP contribution in [-0.2, 0) is 0 Å². The Kier molecular flexibility index (Phi) is 1.89. The lowest BCUT2D eigenvalue weighted by atomic mass is 10.2. The minimum absolute atomic E-state index is 0.790. The first-order valence-corrected chi connectivity index (χ1v) is 4.95. The molecule has 3 rings (SSSR count). The predicted molar refractivity (Wildman–Crippen MR) is 58.8 cm³/mol. The lowest BCUT2D eigenvalue weighted by molar-refractivity contribution is 0.848. The van der Waals surface area contributed by atoms with Crippen LogP contribution in [-0.4, -0.2) is 25.0 Å². The molecule has 0 aliphatic heterocycles. The van der Waals surface area contributed by atoms with Crippen molar-refractivity contribution in [3.05, 3.63) is 42.2 Å². The first-order valence-electron chi connectivity index (χ1n) is 4.95. The van der Waals surface area contributed by atoms with Crippen molar-refractivity contribution < 1.29 is 0 Å². The van der Waals surface area contributed by atoms with Crippen LogP contribution in [0.1, 0.15) is 5.69 Å². The Bertz CT molecular complexity index is 629. The third-order valence-electron chi connectivity index (χ3n) is 2.45. The zero-order valence-corrected chi connectivity index (χ0v) is 8.70. The Labute approximate surface area is 91.8 Å². The summed E-state index contributed by atoms with van der Waals surface area (Å²) in [6.07, 6.45) is 1.65. The summed E-state index contributed by atoms with van der Waals surface area (Å²) >= 11 is 0. The third kappa shape index (κ3) is 1.25. The quantitative estimate of drug-likeness (QED) is 0.612. The van der Waals surface area contributed by atoms with Gasteiger partial charge >= 0.3 is 0 Å². The summed E-state index contributed by atoms with van der Waals surface area (Å²) in [6, 6.07) is 9.65. The highest BCUT2D eigenvalue weighted by atomic mass is 15.4. The van der Waals surface area contributed by atoms with Gasteiger partial charge in [-0.15, -0.1) is 10.2 Å². The minimum atomic E-state index is 0.790. The van der Waals surface area contributed by atoms with Gasteiger partial charge in [-0.05, 0) is 31.2 Å². The van der Waals surface area contributed by atoms with Crippen molar-refractivity contribution in [2.45, 2.75) is 6.92 Å². The monoisotopic (exact) mass is 211 g/mol. The molecule has 0 saturated heterocycles. The van der Waals surface area contributed by atoms with Crippen molar-refractivity contribution in [1.29, 1.82) is 0 Å². The molecule has 5 nitrogen and oxygen atoms in total. The molecule has 16 heavy (non-hydrogen) atoms. The molecule has 0 spiro atoms. The summed E-state index contributed by atoms with van der Waals surface area (Å²) in [4.78, 5) is 0. The van der Waals surface area contributed by atoms with Gasteiger partial charge in [0.25, 0.3) is 0 Å². The van der Waals surface area contributed by atoms with Gasteiger partial charge < -0.3 is 0 Å². The maximum atomic E-state index is 4.09. The molecule has 3 aromatic heterocycles. The second-order valence-electron chi connectivity index (χ2n) is 3.49. The normalized spacial score (nSPS) is 10.8. The van der Waals surface area contributed by atoms with E-state index in [1.165, 1.54) is 0 Å². The molecule has 3 heterocycles. The van der Waals surface area contributed by atoms with E-state index in [2.05, 4.69) is 20.5 Å². The van der Waals surface area contributed by atoms with Crippen molar-refractivity contribution in [2.75, 3.05) is 0 Å². The number of hydrogen-bond acceptors (Lipinski definition) is 4. The Morgan fingerprint density at radius 2 is 2.00 bits per heavy atom. The molecule has 0 bridgehead atoms. The Balaban J connectivity index is 2.32. The summed E-state index contributed by atoms with van der Waals surface area (Å²) < 4.78 is 1.78. The first-order chi connectivity index (χ1) is 7.86. The van der Waals surface area contributed by atoms with Gasteiger partial charge in [-0.1, -0.05) is 11.3 Å². The van der Waals surface area contributed by atoms with Gasteiger partial charge in [0.2, 0.25) is 0 Å². The van der Waals surface area contributed by atoms with E-state index < -0.39 is 0 Å². The summed E-state index contributed by atoms with van der Waals surface area (Å²) in [5.74, 6) is 0. The summed E-state index contributed by atoms with van der Waals surface area (Å²) in [5.41, 5.74) is 3.58. The SMILES string of the molecule is Cc1nnn2c(-c3cccnn3)cccc12. The molecule has 0 atom stereocenters. The van der Waals surface area contributed by atoms with Crippen molar-refractivity contribution >= 4 is 5.52 Å². The van der Waals surface area contributed by atoms with E-state index >= 15 is 0 Å². The molecule has 78 valence electrons. The number of fused-ring (bicyclic) bond motifs is 1. The molecule has 0 radical (unpaired) electrons. The lowest BCUT2D eigenvalue weighted by Crippen LogP contribution is -1.96. The number of aromatic nitrogens is 5. The third-order valence-corrected chi connectivity index (χ3v) is 2.45. The van der Waals surface area contributed by atoms with Gasteiger partial charge in [-0.2, -0.15) is 5.10 Å². The Morgan fingerprint density at radius 3 is 2.81 bits per heavy atom. The number of nitrogens with zero attached hydrogens (tertiary/aromatic N) is 5. The van der Waals surface area contributed by atoms with E-state index in [4.69, 9.17) is 0 Å². The zero-order chi connectivity index (χ0) is 11.0. The highest BCUT2D eigenvalue weighted by Gasteiger charge is 2.07. The van der Waals surface area contributed by atoms with Crippen molar-refractivity contribution in [1.82, 2.24) is 25.0 Å². The van der Waals surface area contributed by atoms with Gasteiger partial charge in [-0.25, -0.2) is 4.52 Å². The Hall–Kier alpha value is -2.30. The molecule has 0 saturated carbocycles. The fourth-order valence-electron chi connectivity index (χ4n) is 1.67. The summed E-state index contributed by atoms with van der Waals surface area (Å²) in [5, 5.41) is 16.1. The van der Waals surface area contributed by atoms with Crippen molar-refractivity contribution in [3.63, 3.8) is 0 Å². The van der Waals surface area contributed by atoms with Crippen LogP contribution < -0.4 is 0 Å². The van der Waals surface area contributed by atoms with Gasteiger partial charge in [0, 0.05) is 6.20 Å². The smallest absolute Gasteiger partial charge is 0.111 e. The van der Waals surface area contributed by atoms with Gasteiger partial charge in [-0.3, -0.25) is 0 Å².